The number of nitrogens with zero attached hydrogens (tertiary/aromatic N) is 7. The number of hydrogen-bond donors (Lipinski definition) is 1. The van der Waals surface area contributed by atoms with Crippen LogP contribution >= 0.6 is 0 Å². The Kier molecular flexibility index (Phi) is 4.10. The van der Waals surface area contributed by atoms with Gasteiger partial charge in [0.1, 0.15) is 23.0 Å². The number of aromatic nitrogens is 5. The summed E-state index contributed by atoms with van der Waals surface area (Å²) in [7, 11) is 0. The molecule has 0 saturated heterocycles. The first-order valence-electron chi connectivity index (χ1n) is 8.14. The molecular formula is C18H12N8O2. The predicted octanol–water partition coefficient (Wildman–Crippen LogP) is 2.30. The number of nitro groups is 1. The largest absolute Gasteiger partial charge is 0.368 e. The van der Waals surface area contributed by atoms with Gasteiger partial charge in [-0.1, -0.05) is 18.2 Å². The van der Waals surface area contributed by atoms with Crippen LogP contribution in [0.15, 0.2) is 48.8 Å². The summed E-state index contributed by atoms with van der Waals surface area (Å²) in [5, 5.41) is 19.9. The lowest BCUT2D eigenvalue weighted by molar-refractivity contribution is -0.384. The molecule has 28 heavy (non-hydrogen) atoms. The van der Waals surface area contributed by atoms with Gasteiger partial charge in [0.15, 0.2) is 5.65 Å². The van der Waals surface area contributed by atoms with Crippen LogP contribution in [0, 0.1) is 21.4 Å². The maximum Gasteiger partial charge on any atom is 0.269 e. The first-order chi connectivity index (χ1) is 13.5. The predicted molar refractivity (Wildman–Crippen MR) is 99.9 cm³/mol. The van der Waals surface area contributed by atoms with Gasteiger partial charge in [0.25, 0.3) is 5.69 Å². The normalized spacial score (nSPS) is 10.7. The molecule has 0 aliphatic rings. The average Bonchev–Trinajstić information content (AvgIpc) is 3.10. The zero-order valence-corrected chi connectivity index (χ0v) is 14.4. The van der Waals surface area contributed by atoms with E-state index in [-0.39, 0.29) is 17.3 Å². The van der Waals surface area contributed by atoms with Crippen molar-refractivity contribution in [3.63, 3.8) is 0 Å². The molecule has 3 heterocycles. The zero-order chi connectivity index (χ0) is 19.7. The molecule has 4 rings (SSSR count). The molecule has 0 unspecified atom stereocenters. The number of non-ortho nitro benzene ring substituents is 1. The van der Waals surface area contributed by atoms with Crippen LogP contribution in [0.1, 0.15) is 11.3 Å². The SMILES string of the molecule is N#Cc1cccc(-c2nc(N)nc3c2ncn3Cc2ccc([N+](=O)[O-])cc2)n1. The van der Waals surface area contributed by atoms with Crippen LogP contribution in [-0.4, -0.2) is 29.4 Å². The summed E-state index contributed by atoms with van der Waals surface area (Å²) in [4.78, 5) is 27.5. The Morgan fingerprint density at radius 2 is 1.93 bits per heavy atom. The van der Waals surface area contributed by atoms with E-state index in [4.69, 9.17) is 11.0 Å². The quantitative estimate of drug-likeness (QED) is 0.423. The summed E-state index contributed by atoms with van der Waals surface area (Å²) in [5.41, 5.74) is 8.91. The van der Waals surface area contributed by atoms with Crippen molar-refractivity contribution in [2.45, 2.75) is 6.54 Å². The fourth-order valence-corrected chi connectivity index (χ4v) is 2.80. The smallest absolute Gasteiger partial charge is 0.269 e. The Morgan fingerprint density at radius 1 is 1.14 bits per heavy atom. The molecule has 4 aromatic rings. The Morgan fingerprint density at radius 3 is 2.64 bits per heavy atom. The molecule has 1 aromatic carbocycles. The number of fused-ring (bicyclic) bond motifs is 1. The van der Waals surface area contributed by atoms with E-state index in [0.717, 1.165) is 5.56 Å². The van der Waals surface area contributed by atoms with Gasteiger partial charge >= 0.3 is 0 Å². The number of nitrogens with two attached hydrogens (primary N) is 1. The third kappa shape index (κ3) is 3.08. The fraction of sp³-hybridized carbons (Fsp3) is 0.0556. The Hall–Kier alpha value is -4.39. The van der Waals surface area contributed by atoms with Crippen molar-refractivity contribution in [2.24, 2.45) is 0 Å². The molecule has 0 amide bonds. The van der Waals surface area contributed by atoms with E-state index in [2.05, 4.69) is 19.9 Å². The summed E-state index contributed by atoms with van der Waals surface area (Å²) >= 11 is 0. The average molecular weight is 372 g/mol. The lowest BCUT2D eigenvalue weighted by Crippen LogP contribution is -2.04. The number of nitrogen functional groups attached to an aromatic ring is 1. The number of hydrogen-bond acceptors (Lipinski definition) is 8. The molecule has 0 aliphatic heterocycles. The minimum absolute atomic E-state index is 0.0246. The maximum absolute atomic E-state index is 10.8. The molecule has 10 nitrogen and oxygen atoms in total. The highest BCUT2D eigenvalue weighted by Gasteiger charge is 2.16. The minimum Gasteiger partial charge on any atom is -0.368 e. The summed E-state index contributed by atoms with van der Waals surface area (Å²) in [6, 6.07) is 13.3. The van der Waals surface area contributed by atoms with Crippen molar-refractivity contribution in [3.8, 4) is 17.5 Å². The van der Waals surface area contributed by atoms with E-state index in [0.29, 0.717) is 29.1 Å². The highest BCUT2D eigenvalue weighted by molar-refractivity contribution is 5.87. The molecule has 136 valence electrons. The fourth-order valence-electron chi connectivity index (χ4n) is 2.80. The molecule has 0 atom stereocenters. The summed E-state index contributed by atoms with van der Waals surface area (Å²) in [5.74, 6) is 0.0529. The second-order valence-corrected chi connectivity index (χ2v) is 5.92. The van der Waals surface area contributed by atoms with Crippen molar-refractivity contribution in [3.05, 3.63) is 70.2 Å². The molecular weight excluding hydrogens is 360 g/mol. The number of nitro benzene ring substituents is 1. The van der Waals surface area contributed by atoms with Crippen LogP contribution in [-0.2, 0) is 6.54 Å². The van der Waals surface area contributed by atoms with Crippen LogP contribution in [0.25, 0.3) is 22.6 Å². The van der Waals surface area contributed by atoms with Gasteiger partial charge < -0.3 is 10.3 Å². The topological polar surface area (TPSA) is 149 Å². The first kappa shape index (κ1) is 17.0. The molecule has 0 aliphatic carbocycles. The Balaban J connectivity index is 1.77. The molecule has 3 aromatic heterocycles. The molecule has 2 N–H and O–H groups in total. The zero-order valence-electron chi connectivity index (χ0n) is 14.4. The maximum atomic E-state index is 10.8. The lowest BCUT2D eigenvalue weighted by atomic mass is 10.2. The summed E-state index contributed by atoms with van der Waals surface area (Å²) in [6.45, 7) is 0.399. The highest BCUT2D eigenvalue weighted by Crippen LogP contribution is 2.25. The molecule has 0 spiro atoms. The van der Waals surface area contributed by atoms with Crippen LogP contribution in [0.2, 0.25) is 0 Å². The van der Waals surface area contributed by atoms with E-state index >= 15 is 0 Å². The van der Waals surface area contributed by atoms with E-state index in [1.165, 1.54) is 12.1 Å². The molecule has 0 bridgehead atoms. The van der Waals surface area contributed by atoms with Crippen LogP contribution < -0.4 is 5.73 Å². The number of rotatable bonds is 4. The van der Waals surface area contributed by atoms with E-state index in [1.54, 1.807) is 41.2 Å². The van der Waals surface area contributed by atoms with Gasteiger partial charge in [-0.3, -0.25) is 10.1 Å². The monoisotopic (exact) mass is 372 g/mol. The van der Waals surface area contributed by atoms with Gasteiger partial charge in [-0.15, -0.1) is 0 Å². The third-order valence-corrected chi connectivity index (χ3v) is 4.09. The van der Waals surface area contributed by atoms with Crippen molar-refractivity contribution < 1.29 is 4.92 Å². The van der Waals surface area contributed by atoms with Gasteiger partial charge in [-0.2, -0.15) is 10.2 Å². The van der Waals surface area contributed by atoms with Crippen LogP contribution in [0.5, 0.6) is 0 Å². The lowest BCUT2D eigenvalue weighted by Gasteiger charge is -2.06. The molecule has 0 fully saturated rings. The third-order valence-electron chi connectivity index (χ3n) is 4.09. The molecule has 0 radical (unpaired) electrons. The molecule has 0 saturated carbocycles. The van der Waals surface area contributed by atoms with Crippen molar-refractivity contribution >= 4 is 22.8 Å². The second kappa shape index (κ2) is 6.73. The van der Waals surface area contributed by atoms with Crippen molar-refractivity contribution in [2.75, 3.05) is 5.73 Å². The van der Waals surface area contributed by atoms with Gasteiger partial charge in [-0.05, 0) is 17.7 Å². The second-order valence-electron chi connectivity index (χ2n) is 5.92. The highest BCUT2D eigenvalue weighted by atomic mass is 16.6. The summed E-state index contributed by atoms with van der Waals surface area (Å²) in [6.07, 6.45) is 1.60. The number of nitriles is 1. The number of pyridine rings is 1. The summed E-state index contributed by atoms with van der Waals surface area (Å²) < 4.78 is 1.77. The van der Waals surface area contributed by atoms with Gasteiger partial charge in [0.05, 0.1) is 23.5 Å². The standard InChI is InChI=1S/C18H12N8O2/c19-8-12-2-1-3-14(22-12)15-16-17(24-18(20)23-15)25(10-21-16)9-11-4-6-13(7-5-11)26(27)28/h1-7,10H,9H2,(H2,20,23,24). The Bertz CT molecular complexity index is 1240. The first-order valence-corrected chi connectivity index (χ1v) is 8.14. The van der Waals surface area contributed by atoms with E-state index < -0.39 is 4.92 Å². The van der Waals surface area contributed by atoms with Crippen LogP contribution in [0.4, 0.5) is 11.6 Å². The van der Waals surface area contributed by atoms with E-state index in [9.17, 15) is 10.1 Å². The van der Waals surface area contributed by atoms with Gasteiger partial charge in [-0.25, -0.2) is 15.0 Å². The van der Waals surface area contributed by atoms with E-state index in [1.807, 2.05) is 6.07 Å². The van der Waals surface area contributed by atoms with Crippen molar-refractivity contribution in [1.82, 2.24) is 24.5 Å². The Labute approximate surface area is 158 Å². The van der Waals surface area contributed by atoms with Crippen LogP contribution in [0.3, 0.4) is 0 Å². The minimum atomic E-state index is -0.445. The number of imidazole rings is 1. The molecule has 10 heteroatoms. The van der Waals surface area contributed by atoms with Gasteiger partial charge in [0.2, 0.25) is 5.95 Å². The van der Waals surface area contributed by atoms with Crippen molar-refractivity contribution in [1.29, 1.82) is 5.26 Å². The number of benzene rings is 1. The van der Waals surface area contributed by atoms with Gasteiger partial charge in [0, 0.05) is 12.1 Å². The number of anilines is 1.